The molecule has 0 saturated carbocycles. The number of carbonyl (C=O) groups excluding carboxylic acids is 5. The van der Waals surface area contributed by atoms with E-state index in [1.54, 1.807) is 4.90 Å². The van der Waals surface area contributed by atoms with Crippen LogP contribution < -0.4 is 10.6 Å². The van der Waals surface area contributed by atoms with E-state index >= 15 is 0 Å². The van der Waals surface area contributed by atoms with E-state index in [1.807, 2.05) is 24.3 Å². The summed E-state index contributed by atoms with van der Waals surface area (Å²) < 4.78 is 27.3. The molecule has 45 heavy (non-hydrogen) atoms. The molecule has 14 nitrogen and oxygen atoms in total. The van der Waals surface area contributed by atoms with Gasteiger partial charge >= 0.3 is 0 Å². The fourth-order valence-electron chi connectivity index (χ4n) is 4.65. The molecule has 2 N–H and O–H groups in total. The van der Waals surface area contributed by atoms with Crippen LogP contribution in [-0.4, -0.2) is 124 Å². The van der Waals surface area contributed by atoms with Gasteiger partial charge in [0.05, 0.1) is 59.3 Å². The second-order valence-electron chi connectivity index (χ2n) is 10.6. The predicted octanol–water partition coefficient (Wildman–Crippen LogP) is 0.403. The maximum atomic E-state index is 12.2. The third-order valence-corrected chi connectivity index (χ3v) is 7.33. The number of anilines is 1. The minimum Gasteiger partial charge on any atom is -0.379 e. The highest BCUT2D eigenvalue weighted by molar-refractivity contribution is 6.13. The Balaban J connectivity index is 0.875. The number of rotatable bonds is 23. The van der Waals surface area contributed by atoms with Crippen LogP contribution in [0.3, 0.4) is 0 Å². The maximum absolute atomic E-state index is 12.2. The van der Waals surface area contributed by atoms with E-state index in [0.29, 0.717) is 65.8 Å². The van der Waals surface area contributed by atoms with Gasteiger partial charge in [-0.3, -0.25) is 28.9 Å². The molecule has 0 aliphatic carbocycles. The van der Waals surface area contributed by atoms with Gasteiger partial charge in [0, 0.05) is 50.3 Å². The molecular weight excluding hydrogens is 588 g/mol. The number of hydrogen-bond donors (Lipinski definition) is 2. The summed E-state index contributed by atoms with van der Waals surface area (Å²) >= 11 is 0. The zero-order chi connectivity index (χ0) is 31.9. The number of nitrogens with zero attached hydrogens (tertiary/aromatic N) is 2. The maximum Gasteiger partial charge on any atom is 0.253 e. The second-order valence-corrected chi connectivity index (χ2v) is 10.6. The van der Waals surface area contributed by atoms with Crippen molar-refractivity contribution < 1.29 is 47.7 Å². The molecule has 0 radical (unpaired) electrons. The monoisotopic (exact) mass is 630 g/mol. The summed E-state index contributed by atoms with van der Waals surface area (Å²) in [5.74, 6) is -1.02. The van der Waals surface area contributed by atoms with Crippen LogP contribution in [-0.2, 0) is 54.1 Å². The molecule has 3 aliphatic heterocycles. The third-order valence-electron chi connectivity index (χ3n) is 7.33. The molecular formula is C31H42N4O10. The quantitative estimate of drug-likeness (QED) is 0.0749. The Morgan fingerprint density at radius 1 is 0.800 bits per heavy atom. The van der Waals surface area contributed by atoms with Crippen LogP contribution >= 0.6 is 0 Å². The number of benzene rings is 1. The standard InChI is InChI=1S/C31H42N4O10/c36-26(9-13-34-28(38)7-8-29(34)39)32-12-16-42-18-20-44-22-21-43-19-17-41-15-11-27(37)33-24-4-1-23(2-5-24)3-6-25-31(45-25)35-14-10-30(35)40/h1-2,4-5,7-8,25,31H,3,6,9-22H2,(H,32,36)(H,33,37). The van der Waals surface area contributed by atoms with Crippen molar-refractivity contribution >= 4 is 35.2 Å². The van der Waals surface area contributed by atoms with Crippen LogP contribution in [0.2, 0.25) is 0 Å². The predicted molar refractivity (Wildman–Crippen MR) is 160 cm³/mol. The van der Waals surface area contributed by atoms with Gasteiger partial charge in [0.2, 0.25) is 17.7 Å². The number of ether oxygens (including phenoxy) is 5. The van der Waals surface area contributed by atoms with Crippen molar-refractivity contribution in [1.29, 1.82) is 0 Å². The lowest BCUT2D eigenvalue weighted by Gasteiger charge is -2.28. The van der Waals surface area contributed by atoms with Gasteiger partial charge in [0.25, 0.3) is 11.8 Å². The molecule has 14 heteroatoms. The second kappa shape index (κ2) is 18.3. The summed E-state index contributed by atoms with van der Waals surface area (Å²) in [6.45, 7) is 4.09. The number of β-lactam (4-membered cyclic amide) rings is 1. The molecule has 3 heterocycles. The van der Waals surface area contributed by atoms with Gasteiger partial charge < -0.3 is 39.2 Å². The number of imide groups is 1. The summed E-state index contributed by atoms with van der Waals surface area (Å²) in [7, 11) is 0. The largest absolute Gasteiger partial charge is 0.379 e. The van der Waals surface area contributed by atoms with Crippen molar-refractivity contribution in [1.82, 2.24) is 15.1 Å². The molecule has 1 aromatic carbocycles. The average Bonchev–Trinajstić information content (AvgIpc) is 3.70. The van der Waals surface area contributed by atoms with Crippen LogP contribution in [0.15, 0.2) is 36.4 Å². The van der Waals surface area contributed by atoms with Gasteiger partial charge in [0.1, 0.15) is 6.10 Å². The molecule has 0 aromatic heterocycles. The zero-order valence-corrected chi connectivity index (χ0v) is 25.4. The molecule has 2 fully saturated rings. The Labute approximate surface area is 262 Å². The average molecular weight is 631 g/mol. The van der Waals surface area contributed by atoms with E-state index in [0.717, 1.165) is 35.5 Å². The summed E-state index contributed by atoms with van der Waals surface area (Å²) in [4.78, 5) is 61.2. The molecule has 2 saturated heterocycles. The highest BCUT2D eigenvalue weighted by Crippen LogP contribution is 2.33. The lowest BCUT2D eigenvalue weighted by Crippen LogP contribution is -2.46. The molecule has 0 spiro atoms. The number of hydrogen-bond acceptors (Lipinski definition) is 10. The van der Waals surface area contributed by atoms with Crippen LogP contribution in [0, 0.1) is 0 Å². The summed E-state index contributed by atoms with van der Waals surface area (Å²) in [6, 6.07) is 7.74. The zero-order valence-electron chi connectivity index (χ0n) is 25.4. The van der Waals surface area contributed by atoms with Crippen molar-refractivity contribution in [2.24, 2.45) is 0 Å². The first kappa shape index (κ1) is 34.2. The lowest BCUT2D eigenvalue weighted by molar-refractivity contribution is -0.143. The number of aryl methyl sites for hydroxylation is 1. The molecule has 246 valence electrons. The van der Waals surface area contributed by atoms with E-state index in [1.165, 1.54) is 12.2 Å². The van der Waals surface area contributed by atoms with Gasteiger partial charge in [-0.15, -0.1) is 0 Å². The van der Waals surface area contributed by atoms with Crippen molar-refractivity contribution in [2.45, 2.75) is 44.4 Å². The molecule has 3 aliphatic rings. The normalized spacial score (nSPS) is 18.8. The van der Waals surface area contributed by atoms with Gasteiger partial charge in [-0.2, -0.15) is 0 Å². The van der Waals surface area contributed by atoms with Crippen molar-refractivity contribution in [3.05, 3.63) is 42.0 Å². The molecule has 5 amide bonds. The van der Waals surface area contributed by atoms with Gasteiger partial charge in [-0.1, -0.05) is 12.1 Å². The Morgan fingerprint density at radius 3 is 2.02 bits per heavy atom. The van der Waals surface area contributed by atoms with Crippen molar-refractivity contribution in [3.63, 3.8) is 0 Å². The topological polar surface area (TPSA) is 165 Å². The van der Waals surface area contributed by atoms with Crippen molar-refractivity contribution in [3.8, 4) is 0 Å². The van der Waals surface area contributed by atoms with Crippen LogP contribution in [0.4, 0.5) is 5.69 Å². The molecule has 2 unspecified atom stereocenters. The number of carbonyl (C=O) groups is 5. The Morgan fingerprint density at radius 2 is 1.42 bits per heavy atom. The van der Waals surface area contributed by atoms with E-state index < -0.39 is 11.8 Å². The van der Waals surface area contributed by atoms with Crippen molar-refractivity contribution in [2.75, 3.05) is 77.8 Å². The number of likely N-dealkylation sites (tertiary alicyclic amines) is 1. The fraction of sp³-hybridized carbons (Fsp3) is 0.581. The Bertz CT molecular complexity index is 1170. The molecule has 1 aromatic rings. The minimum atomic E-state index is -0.403. The van der Waals surface area contributed by atoms with E-state index in [-0.39, 0.29) is 49.4 Å². The van der Waals surface area contributed by atoms with Gasteiger partial charge in [0.15, 0.2) is 6.23 Å². The fourth-order valence-corrected chi connectivity index (χ4v) is 4.65. The van der Waals surface area contributed by atoms with Crippen LogP contribution in [0.1, 0.15) is 31.2 Å². The summed E-state index contributed by atoms with van der Waals surface area (Å²) in [6.07, 6.45) is 5.10. The smallest absolute Gasteiger partial charge is 0.253 e. The van der Waals surface area contributed by atoms with E-state index in [2.05, 4.69) is 10.6 Å². The highest BCUT2D eigenvalue weighted by atomic mass is 16.6. The molecule has 4 rings (SSSR count). The first-order valence-electron chi connectivity index (χ1n) is 15.4. The summed E-state index contributed by atoms with van der Waals surface area (Å²) in [5.41, 5.74) is 1.89. The SMILES string of the molecule is O=C(CCN1C(=O)C=CC1=O)NCCOCCOCCOCCOCCC(=O)Nc1ccc(CCC2OC2N2CCC2=O)cc1. The third kappa shape index (κ3) is 12.0. The minimum absolute atomic E-state index is 0.0351. The first-order valence-corrected chi connectivity index (χ1v) is 15.4. The van der Waals surface area contributed by atoms with E-state index in [4.69, 9.17) is 23.7 Å². The molecule has 2 atom stereocenters. The van der Waals surface area contributed by atoms with Crippen LogP contribution in [0.25, 0.3) is 0 Å². The Hall–Kier alpha value is -3.69. The summed E-state index contributed by atoms with van der Waals surface area (Å²) in [5, 5.41) is 5.54. The first-order chi connectivity index (χ1) is 21.9. The van der Waals surface area contributed by atoms with Crippen LogP contribution in [0.5, 0.6) is 0 Å². The van der Waals surface area contributed by atoms with Gasteiger partial charge in [-0.05, 0) is 30.5 Å². The lowest BCUT2D eigenvalue weighted by atomic mass is 10.1. The Kier molecular flexibility index (Phi) is 13.9. The van der Waals surface area contributed by atoms with Gasteiger partial charge in [-0.25, -0.2) is 0 Å². The number of nitrogens with one attached hydrogen (secondary N) is 2. The number of epoxide rings is 1. The number of amides is 5. The van der Waals surface area contributed by atoms with E-state index in [9.17, 15) is 24.0 Å². The molecule has 0 bridgehead atoms. The highest BCUT2D eigenvalue weighted by Gasteiger charge is 2.48.